The zero-order valence-electron chi connectivity index (χ0n) is 16.8. The van der Waals surface area contributed by atoms with Crippen LogP contribution in [0.4, 0.5) is 26.2 Å². The van der Waals surface area contributed by atoms with Crippen LogP contribution in [0.3, 0.4) is 0 Å². The molecule has 0 aliphatic carbocycles. The summed E-state index contributed by atoms with van der Waals surface area (Å²) in [6.07, 6.45) is 3.33. The first-order valence-electron chi connectivity index (χ1n) is 9.82. The normalized spacial score (nSPS) is 14.2. The summed E-state index contributed by atoms with van der Waals surface area (Å²) in [6.45, 7) is 1.77. The number of aryl methyl sites for hydroxylation is 2. The number of fused-ring (bicyclic) bond motifs is 1. The second-order valence-corrected chi connectivity index (χ2v) is 7.92. The average molecular weight is 432 g/mol. The van der Waals surface area contributed by atoms with Gasteiger partial charge in [-0.3, -0.25) is 9.13 Å². The highest BCUT2D eigenvalue weighted by atomic mass is 35.5. The van der Waals surface area contributed by atoms with Crippen LogP contribution in [-0.4, -0.2) is 28.3 Å². The van der Waals surface area contributed by atoms with Gasteiger partial charge in [-0.25, -0.2) is 14.0 Å². The Morgan fingerprint density at radius 3 is 2.33 bits per heavy atom. The molecule has 1 fully saturated rings. The van der Waals surface area contributed by atoms with Gasteiger partial charge in [-0.2, -0.15) is 0 Å². The summed E-state index contributed by atoms with van der Waals surface area (Å²) in [5.74, 6) is -0.551. The van der Waals surface area contributed by atoms with Crippen molar-refractivity contribution in [3.63, 3.8) is 0 Å². The third-order valence-electron chi connectivity index (χ3n) is 5.51. The molecule has 2 heterocycles. The van der Waals surface area contributed by atoms with Crippen molar-refractivity contribution in [2.75, 3.05) is 28.6 Å². The van der Waals surface area contributed by atoms with Crippen molar-refractivity contribution in [3.05, 3.63) is 51.7 Å². The van der Waals surface area contributed by atoms with Crippen LogP contribution in [0.25, 0.3) is 11.0 Å². The van der Waals surface area contributed by atoms with Crippen molar-refractivity contribution in [2.24, 2.45) is 14.1 Å². The molecule has 0 saturated carbocycles. The topological polar surface area (TPSA) is 71.3 Å². The van der Waals surface area contributed by atoms with E-state index in [1.807, 2.05) is 12.1 Å². The minimum absolute atomic E-state index is 0.0671. The van der Waals surface area contributed by atoms with E-state index in [1.165, 1.54) is 24.6 Å². The van der Waals surface area contributed by atoms with Crippen LogP contribution in [0, 0.1) is 5.82 Å². The van der Waals surface area contributed by atoms with Crippen molar-refractivity contribution in [2.45, 2.75) is 19.3 Å². The highest BCUT2D eigenvalue weighted by Gasteiger charge is 2.20. The minimum Gasteiger partial charge on any atom is -0.370 e. The number of urea groups is 1. The maximum atomic E-state index is 13.4. The number of benzene rings is 2. The molecule has 7 nitrogen and oxygen atoms in total. The van der Waals surface area contributed by atoms with E-state index in [2.05, 4.69) is 15.5 Å². The molecular weight excluding hydrogens is 409 g/mol. The largest absolute Gasteiger partial charge is 0.370 e. The summed E-state index contributed by atoms with van der Waals surface area (Å²) in [5.41, 5.74) is 3.26. The second kappa shape index (κ2) is 8.02. The molecule has 2 amide bonds. The van der Waals surface area contributed by atoms with Gasteiger partial charge in [0.1, 0.15) is 5.82 Å². The number of aromatic nitrogens is 2. The summed E-state index contributed by atoms with van der Waals surface area (Å²) < 4.78 is 16.5. The fourth-order valence-corrected chi connectivity index (χ4v) is 4.07. The second-order valence-electron chi connectivity index (χ2n) is 7.51. The Hall–Kier alpha value is -3.00. The standard InChI is InChI=1S/C21H23ClFN5O2/c1-26-18-11-16(25-20(29)24-13-6-7-15(23)14(22)10-13)17(28-8-4-3-5-9-28)12-19(18)27(2)21(26)30/h6-7,10-12H,3-5,8-9H2,1-2H3,(H2,24,25,29). The third kappa shape index (κ3) is 3.75. The Balaban J connectivity index is 1.70. The number of nitrogens with one attached hydrogen (secondary N) is 2. The van der Waals surface area contributed by atoms with Crippen LogP contribution in [0.1, 0.15) is 19.3 Å². The summed E-state index contributed by atoms with van der Waals surface area (Å²) in [4.78, 5) is 27.3. The summed E-state index contributed by atoms with van der Waals surface area (Å²) in [5, 5.41) is 5.49. The van der Waals surface area contributed by atoms with Crippen LogP contribution in [0.2, 0.25) is 5.02 Å². The van der Waals surface area contributed by atoms with Crippen LogP contribution in [0.5, 0.6) is 0 Å². The lowest BCUT2D eigenvalue weighted by Crippen LogP contribution is -2.31. The SMILES string of the molecule is Cn1c(=O)n(C)c2cc(N3CCCCC3)c(NC(=O)Nc3ccc(F)c(Cl)c3)cc21. The fraction of sp³-hybridized carbons (Fsp3) is 0.333. The number of piperidine rings is 1. The number of carbonyl (C=O) groups is 1. The van der Waals surface area contributed by atoms with E-state index in [4.69, 9.17) is 11.6 Å². The zero-order valence-corrected chi connectivity index (χ0v) is 17.6. The Morgan fingerprint density at radius 2 is 1.67 bits per heavy atom. The Kier molecular flexibility index (Phi) is 5.42. The lowest BCUT2D eigenvalue weighted by molar-refractivity contribution is 0.262. The molecule has 9 heteroatoms. The molecular formula is C21H23ClFN5O2. The van der Waals surface area contributed by atoms with E-state index < -0.39 is 11.8 Å². The van der Waals surface area contributed by atoms with E-state index >= 15 is 0 Å². The van der Waals surface area contributed by atoms with E-state index in [0.717, 1.165) is 42.7 Å². The number of rotatable bonds is 3. The first-order chi connectivity index (χ1) is 14.3. The highest BCUT2D eigenvalue weighted by molar-refractivity contribution is 6.31. The Bertz CT molecular complexity index is 1180. The van der Waals surface area contributed by atoms with Gasteiger partial charge in [0.05, 0.1) is 27.4 Å². The van der Waals surface area contributed by atoms with Gasteiger partial charge < -0.3 is 15.5 Å². The van der Waals surface area contributed by atoms with Gasteiger partial charge in [0.15, 0.2) is 0 Å². The van der Waals surface area contributed by atoms with E-state index in [0.29, 0.717) is 11.4 Å². The van der Waals surface area contributed by atoms with Crippen LogP contribution >= 0.6 is 11.6 Å². The molecule has 1 aliphatic rings. The number of nitrogens with zero attached hydrogens (tertiary/aromatic N) is 3. The van der Waals surface area contributed by atoms with Crippen LogP contribution in [0.15, 0.2) is 35.1 Å². The average Bonchev–Trinajstić information content (AvgIpc) is 2.94. The van der Waals surface area contributed by atoms with Crippen molar-refractivity contribution < 1.29 is 9.18 Å². The molecule has 0 radical (unpaired) electrons. The molecule has 2 N–H and O–H groups in total. The summed E-state index contributed by atoms with van der Waals surface area (Å²) >= 11 is 5.80. The number of halogens is 2. The number of carbonyl (C=O) groups excluding carboxylic acids is 1. The molecule has 4 rings (SSSR count). The molecule has 2 aromatic carbocycles. The summed E-state index contributed by atoms with van der Waals surface area (Å²) in [6, 6.07) is 7.28. The number of anilines is 3. The first-order valence-corrected chi connectivity index (χ1v) is 10.2. The first kappa shape index (κ1) is 20.3. The van der Waals surface area contributed by atoms with Crippen LogP contribution in [-0.2, 0) is 14.1 Å². The lowest BCUT2D eigenvalue weighted by Gasteiger charge is -2.30. The van der Waals surface area contributed by atoms with Crippen molar-refractivity contribution in [1.82, 2.24) is 9.13 Å². The number of imidazole rings is 1. The van der Waals surface area contributed by atoms with Crippen molar-refractivity contribution >= 4 is 45.7 Å². The van der Waals surface area contributed by atoms with Gasteiger partial charge in [0.25, 0.3) is 0 Å². The molecule has 1 saturated heterocycles. The lowest BCUT2D eigenvalue weighted by atomic mass is 10.1. The maximum Gasteiger partial charge on any atom is 0.328 e. The van der Waals surface area contributed by atoms with Gasteiger partial charge in [0.2, 0.25) is 0 Å². The van der Waals surface area contributed by atoms with Crippen molar-refractivity contribution in [1.29, 1.82) is 0 Å². The van der Waals surface area contributed by atoms with Gasteiger partial charge >= 0.3 is 11.7 Å². The van der Waals surface area contributed by atoms with Crippen molar-refractivity contribution in [3.8, 4) is 0 Å². The maximum absolute atomic E-state index is 13.4. The molecule has 0 unspecified atom stereocenters. The molecule has 0 spiro atoms. The zero-order chi connectivity index (χ0) is 21.4. The molecule has 3 aromatic rings. The Labute approximate surface area is 178 Å². The van der Waals surface area contributed by atoms with Gasteiger partial charge in [-0.15, -0.1) is 0 Å². The molecule has 1 aromatic heterocycles. The monoisotopic (exact) mass is 431 g/mol. The number of amides is 2. The molecule has 1 aliphatic heterocycles. The van der Waals surface area contributed by atoms with Gasteiger partial charge in [0, 0.05) is 32.9 Å². The van der Waals surface area contributed by atoms with Crippen LogP contribution < -0.4 is 21.2 Å². The molecule has 0 atom stereocenters. The number of hydrogen-bond acceptors (Lipinski definition) is 3. The molecule has 0 bridgehead atoms. The van der Waals surface area contributed by atoms with Gasteiger partial charge in [-0.1, -0.05) is 11.6 Å². The quantitative estimate of drug-likeness (QED) is 0.649. The fourth-order valence-electron chi connectivity index (χ4n) is 3.89. The highest BCUT2D eigenvalue weighted by Crippen LogP contribution is 2.33. The molecule has 158 valence electrons. The molecule has 30 heavy (non-hydrogen) atoms. The smallest absolute Gasteiger partial charge is 0.328 e. The van der Waals surface area contributed by atoms with E-state index in [9.17, 15) is 14.0 Å². The minimum atomic E-state index is -0.551. The predicted octanol–water partition coefficient (Wildman–Crippen LogP) is 4.30. The number of hydrogen-bond donors (Lipinski definition) is 2. The third-order valence-corrected chi connectivity index (χ3v) is 5.80. The summed E-state index contributed by atoms with van der Waals surface area (Å²) in [7, 11) is 3.44. The van der Waals surface area contributed by atoms with E-state index in [-0.39, 0.29) is 10.7 Å². The van der Waals surface area contributed by atoms with E-state index in [1.54, 1.807) is 23.2 Å². The Morgan fingerprint density at radius 1 is 1.00 bits per heavy atom. The predicted molar refractivity (Wildman–Crippen MR) is 118 cm³/mol. The van der Waals surface area contributed by atoms with Gasteiger partial charge in [-0.05, 0) is 49.6 Å².